The van der Waals surface area contributed by atoms with Gasteiger partial charge in [0.05, 0.1) is 0 Å². The van der Waals surface area contributed by atoms with Crippen molar-refractivity contribution in [1.82, 2.24) is 15.5 Å². The lowest BCUT2D eigenvalue weighted by Crippen LogP contribution is -2.38. The second-order valence-corrected chi connectivity index (χ2v) is 5.30. The molecule has 2 saturated heterocycles. The predicted molar refractivity (Wildman–Crippen MR) is 68.8 cm³/mol. The molecule has 0 aromatic rings. The molecule has 0 aromatic carbocycles. The highest BCUT2D eigenvalue weighted by Gasteiger charge is 2.13. The third kappa shape index (κ3) is 4.40. The molecule has 2 heterocycles. The Hall–Kier alpha value is -0.120. The molecule has 16 heavy (non-hydrogen) atoms. The van der Waals surface area contributed by atoms with E-state index in [-0.39, 0.29) is 0 Å². The van der Waals surface area contributed by atoms with Gasteiger partial charge in [-0.1, -0.05) is 6.42 Å². The summed E-state index contributed by atoms with van der Waals surface area (Å²) in [6.45, 7) is 8.77. The molecule has 94 valence electrons. The molecular weight excluding hydrogens is 198 g/mol. The van der Waals surface area contributed by atoms with E-state index in [4.69, 9.17) is 0 Å². The first kappa shape index (κ1) is 12.3. The summed E-state index contributed by atoms with van der Waals surface area (Å²) in [5.41, 5.74) is 0. The van der Waals surface area contributed by atoms with Crippen molar-refractivity contribution in [2.75, 3.05) is 45.8 Å². The standard InChI is InChI=1S/C13H27N3/c1-2-9-16(10-3-1)11-8-15-12-13-4-6-14-7-5-13/h13-15H,1-12H2. The summed E-state index contributed by atoms with van der Waals surface area (Å²) in [7, 11) is 0. The van der Waals surface area contributed by atoms with Crippen LogP contribution in [0.15, 0.2) is 0 Å². The van der Waals surface area contributed by atoms with Crippen LogP contribution in [0.4, 0.5) is 0 Å². The topological polar surface area (TPSA) is 27.3 Å². The van der Waals surface area contributed by atoms with Gasteiger partial charge in [-0.25, -0.2) is 0 Å². The van der Waals surface area contributed by atoms with Crippen LogP contribution in [0.3, 0.4) is 0 Å². The number of nitrogens with one attached hydrogen (secondary N) is 2. The van der Waals surface area contributed by atoms with Gasteiger partial charge in [-0.3, -0.25) is 0 Å². The van der Waals surface area contributed by atoms with E-state index in [0.717, 1.165) is 5.92 Å². The lowest BCUT2D eigenvalue weighted by molar-refractivity contribution is 0.226. The molecule has 0 bridgehead atoms. The van der Waals surface area contributed by atoms with Crippen molar-refractivity contribution in [2.45, 2.75) is 32.1 Å². The Labute approximate surface area is 100.0 Å². The van der Waals surface area contributed by atoms with Gasteiger partial charge in [0.15, 0.2) is 0 Å². The molecule has 0 spiro atoms. The molecule has 0 saturated carbocycles. The van der Waals surface area contributed by atoms with Crippen LogP contribution in [0.25, 0.3) is 0 Å². The smallest absolute Gasteiger partial charge is 0.0107 e. The third-order valence-corrected chi connectivity index (χ3v) is 3.95. The van der Waals surface area contributed by atoms with Crippen molar-refractivity contribution >= 4 is 0 Å². The van der Waals surface area contributed by atoms with Gasteiger partial charge in [0.25, 0.3) is 0 Å². The molecule has 3 heteroatoms. The Morgan fingerprint density at radius 3 is 2.56 bits per heavy atom. The normalized spacial score (nSPS) is 24.8. The Morgan fingerprint density at radius 2 is 1.81 bits per heavy atom. The minimum atomic E-state index is 0.919. The van der Waals surface area contributed by atoms with E-state index in [0.29, 0.717) is 0 Å². The summed E-state index contributed by atoms with van der Waals surface area (Å²) in [5.74, 6) is 0.919. The number of rotatable bonds is 5. The van der Waals surface area contributed by atoms with Gasteiger partial charge in [0.1, 0.15) is 0 Å². The van der Waals surface area contributed by atoms with Crippen LogP contribution in [-0.2, 0) is 0 Å². The highest BCUT2D eigenvalue weighted by molar-refractivity contribution is 4.71. The monoisotopic (exact) mass is 225 g/mol. The number of likely N-dealkylation sites (tertiary alicyclic amines) is 1. The number of hydrogen-bond donors (Lipinski definition) is 2. The number of piperidine rings is 2. The quantitative estimate of drug-likeness (QED) is 0.685. The molecule has 2 N–H and O–H groups in total. The SMILES string of the molecule is C1CCN(CCNCC2CCNCC2)CC1. The molecule has 2 fully saturated rings. The maximum absolute atomic E-state index is 3.63. The summed E-state index contributed by atoms with van der Waals surface area (Å²) in [6, 6.07) is 0. The fourth-order valence-electron chi connectivity index (χ4n) is 2.81. The molecule has 3 nitrogen and oxygen atoms in total. The van der Waals surface area contributed by atoms with E-state index in [2.05, 4.69) is 15.5 Å². The van der Waals surface area contributed by atoms with Crippen LogP contribution < -0.4 is 10.6 Å². The highest BCUT2D eigenvalue weighted by Crippen LogP contribution is 2.10. The summed E-state index contributed by atoms with van der Waals surface area (Å²) in [4.78, 5) is 2.61. The zero-order chi connectivity index (χ0) is 11.1. The zero-order valence-electron chi connectivity index (χ0n) is 10.5. The first-order valence-electron chi connectivity index (χ1n) is 7.09. The van der Waals surface area contributed by atoms with Gasteiger partial charge in [-0.2, -0.15) is 0 Å². The first-order chi connectivity index (χ1) is 7.95. The van der Waals surface area contributed by atoms with Crippen LogP contribution in [0.5, 0.6) is 0 Å². The summed E-state index contributed by atoms with van der Waals surface area (Å²) < 4.78 is 0. The third-order valence-electron chi connectivity index (χ3n) is 3.95. The molecule has 0 atom stereocenters. The van der Waals surface area contributed by atoms with E-state index >= 15 is 0 Å². The molecular formula is C13H27N3. The van der Waals surface area contributed by atoms with E-state index in [1.165, 1.54) is 77.9 Å². The van der Waals surface area contributed by atoms with Crippen molar-refractivity contribution in [1.29, 1.82) is 0 Å². The van der Waals surface area contributed by atoms with Crippen molar-refractivity contribution in [3.63, 3.8) is 0 Å². The largest absolute Gasteiger partial charge is 0.317 e. The van der Waals surface area contributed by atoms with Gasteiger partial charge in [0, 0.05) is 13.1 Å². The molecule has 0 aromatic heterocycles. The lowest BCUT2D eigenvalue weighted by atomic mass is 9.98. The Kier molecular flexibility index (Phi) is 5.59. The zero-order valence-corrected chi connectivity index (χ0v) is 10.5. The van der Waals surface area contributed by atoms with Crippen molar-refractivity contribution < 1.29 is 0 Å². The molecule has 0 radical (unpaired) electrons. The molecule has 2 aliphatic heterocycles. The van der Waals surface area contributed by atoms with Crippen molar-refractivity contribution in [3.8, 4) is 0 Å². The van der Waals surface area contributed by atoms with Gasteiger partial charge in [0.2, 0.25) is 0 Å². The van der Waals surface area contributed by atoms with Crippen LogP contribution in [0.1, 0.15) is 32.1 Å². The lowest BCUT2D eigenvalue weighted by Gasteiger charge is -2.27. The average Bonchev–Trinajstić information content (AvgIpc) is 2.37. The minimum absolute atomic E-state index is 0.919. The maximum atomic E-state index is 3.63. The Bertz CT molecular complexity index is 152. The van der Waals surface area contributed by atoms with Crippen molar-refractivity contribution in [2.24, 2.45) is 5.92 Å². The van der Waals surface area contributed by atoms with Crippen molar-refractivity contribution in [3.05, 3.63) is 0 Å². The van der Waals surface area contributed by atoms with E-state index in [1.807, 2.05) is 0 Å². The van der Waals surface area contributed by atoms with E-state index < -0.39 is 0 Å². The maximum Gasteiger partial charge on any atom is 0.0107 e. The Balaban J connectivity index is 1.47. The minimum Gasteiger partial charge on any atom is -0.317 e. The van der Waals surface area contributed by atoms with E-state index in [1.54, 1.807) is 0 Å². The van der Waals surface area contributed by atoms with E-state index in [9.17, 15) is 0 Å². The fraction of sp³-hybridized carbons (Fsp3) is 1.00. The molecule has 0 unspecified atom stereocenters. The Morgan fingerprint density at radius 1 is 1.06 bits per heavy atom. The van der Waals surface area contributed by atoms with Gasteiger partial charge in [-0.05, 0) is 64.3 Å². The first-order valence-corrected chi connectivity index (χ1v) is 7.09. The highest BCUT2D eigenvalue weighted by atomic mass is 15.1. The van der Waals surface area contributed by atoms with Gasteiger partial charge >= 0.3 is 0 Å². The van der Waals surface area contributed by atoms with Crippen LogP contribution in [0, 0.1) is 5.92 Å². The van der Waals surface area contributed by atoms with Crippen LogP contribution >= 0.6 is 0 Å². The summed E-state index contributed by atoms with van der Waals surface area (Å²) >= 11 is 0. The number of nitrogens with zero attached hydrogens (tertiary/aromatic N) is 1. The average molecular weight is 225 g/mol. The van der Waals surface area contributed by atoms with Gasteiger partial charge < -0.3 is 15.5 Å². The molecule has 2 aliphatic rings. The summed E-state index contributed by atoms with van der Waals surface area (Å²) in [5, 5.41) is 7.05. The van der Waals surface area contributed by atoms with Gasteiger partial charge in [-0.15, -0.1) is 0 Å². The number of hydrogen-bond acceptors (Lipinski definition) is 3. The summed E-state index contributed by atoms with van der Waals surface area (Å²) in [6.07, 6.45) is 6.98. The fourth-order valence-corrected chi connectivity index (χ4v) is 2.81. The van der Waals surface area contributed by atoms with Crippen LogP contribution in [0.2, 0.25) is 0 Å². The predicted octanol–water partition coefficient (Wildman–Crippen LogP) is 1.06. The second-order valence-electron chi connectivity index (χ2n) is 5.30. The molecule has 0 aliphatic carbocycles. The molecule has 0 amide bonds. The second kappa shape index (κ2) is 7.25. The molecule has 2 rings (SSSR count). The van der Waals surface area contributed by atoms with Crippen LogP contribution in [-0.4, -0.2) is 50.7 Å².